The molecule has 0 spiro atoms. The molecule has 0 saturated carbocycles. The Balaban J connectivity index is 1.71. The Kier molecular flexibility index (Phi) is 6.85. The van der Waals surface area contributed by atoms with Gasteiger partial charge >= 0.3 is 0 Å². The molecule has 0 unspecified atom stereocenters. The number of benzene rings is 2. The van der Waals surface area contributed by atoms with E-state index in [0.717, 1.165) is 16.8 Å². The summed E-state index contributed by atoms with van der Waals surface area (Å²) in [5, 5.41) is 13.0. The minimum Gasteiger partial charge on any atom is -0.440 e. The lowest BCUT2D eigenvalue weighted by atomic mass is 10.0. The van der Waals surface area contributed by atoms with E-state index in [1.807, 2.05) is 24.0 Å². The van der Waals surface area contributed by atoms with Crippen molar-refractivity contribution in [3.63, 3.8) is 0 Å². The first-order valence-corrected chi connectivity index (χ1v) is 11.3. The lowest BCUT2D eigenvalue weighted by Crippen LogP contribution is -2.36. The Labute approximate surface area is 198 Å². The molecule has 1 saturated heterocycles. The van der Waals surface area contributed by atoms with Crippen molar-refractivity contribution < 1.29 is 13.9 Å². The summed E-state index contributed by atoms with van der Waals surface area (Å²) in [6, 6.07) is 12.7. The lowest BCUT2D eigenvalue weighted by Gasteiger charge is -2.27. The summed E-state index contributed by atoms with van der Waals surface area (Å²) in [6.45, 7) is 4.90. The van der Waals surface area contributed by atoms with Crippen LogP contribution >= 0.6 is 0 Å². The third kappa shape index (κ3) is 4.75. The van der Waals surface area contributed by atoms with Crippen molar-refractivity contribution in [3.8, 4) is 6.07 Å². The molecule has 1 fully saturated rings. The van der Waals surface area contributed by atoms with Gasteiger partial charge in [-0.05, 0) is 48.7 Å². The van der Waals surface area contributed by atoms with Crippen LogP contribution in [0, 0.1) is 18.3 Å². The number of carbonyl (C=O) groups is 1. The highest BCUT2D eigenvalue weighted by atomic mass is 16.5. The number of amides is 1. The van der Waals surface area contributed by atoms with E-state index in [1.165, 1.54) is 11.0 Å². The number of fused-ring (bicyclic) bond motifs is 1. The van der Waals surface area contributed by atoms with E-state index in [9.17, 15) is 14.9 Å². The van der Waals surface area contributed by atoms with Gasteiger partial charge in [0.25, 0.3) is 5.91 Å². The maximum Gasteiger partial charge on any atom is 0.253 e. The summed E-state index contributed by atoms with van der Waals surface area (Å²) in [4.78, 5) is 29.3. The third-order valence-electron chi connectivity index (χ3n) is 6.03. The number of anilines is 2. The van der Waals surface area contributed by atoms with Gasteiger partial charge in [-0.2, -0.15) is 5.26 Å². The first-order chi connectivity index (χ1) is 16.4. The van der Waals surface area contributed by atoms with Crippen LogP contribution in [-0.4, -0.2) is 57.8 Å². The molecule has 1 amide bonds. The van der Waals surface area contributed by atoms with E-state index in [1.54, 1.807) is 32.3 Å². The number of nitrogens with zero attached hydrogens (tertiary/aromatic N) is 3. The van der Waals surface area contributed by atoms with Crippen LogP contribution < -0.4 is 15.6 Å². The van der Waals surface area contributed by atoms with Gasteiger partial charge in [-0.15, -0.1) is 0 Å². The average molecular weight is 461 g/mol. The Bertz CT molecular complexity index is 1320. The smallest absolute Gasteiger partial charge is 0.253 e. The van der Waals surface area contributed by atoms with Crippen LogP contribution in [0.5, 0.6) is 0 Å². The van der Waals surface area contributed by atoms with Gasteiger partial charge in [0, 0.05) is 51.0 Å². The zero-order valence-electron chi connectivity index (χ0n) is 19.7. The minimum absolute atomic E-state index is 0.176. The molecule has 1 aliphatic rings. The molecule has 8 heteroatoms. The molecule has 3 aromatic rings. The lowest BCUT2D eigenvalue weighted by molar-refractivity contribution is 0.0827. The van der Waals surface area contributed by atoms with Gasteiger partial charge in [-0.3, -0.25) is 9.59 Å². The van der Waals surface area contributed by atoms with E-state index in [-0.39, 0.29) is 11.3 Å². The molecule has 34 heavy (non-hydrogen) atoms. The first kappa shape index (κ1) is 23.3. The van der Waals surface area contributed by atoms with E-state index in [0.29, 0.717) is 67.2 Å². The average Bonchev–Trinajstić information content (AvgIpc) is 2.85. The van der Waals surface area contributed by atoms with Crippen LogP contribution in [0.25, 0.3) is 11.0 Å². The molecule has 8 nitrogen and oxygen atoms in total. The molecule has 2 aromatic carbocycles. The Morgan fingerprint density at radius 3 is 2.68 bits per heavy atom. The van der Waals surface area contributed by atoms with Crippen molar-refractivity contribution in [1.82, 2.24) is 4.90 Å². The molecular formula is C26H28N4O4. The van der Waals surface area contributed by atoms with Crippen LogP contribution in [0.15, 0.2) is 45.6 Å². The van der Waals surface area contributed by atoms with Gasteiger partial charge in [0.1, 0.15) is 5.58 Å². The fourth-order valence-corrected chi connectivity index (χ4v) is 4.10. The molecule has 1 aromatic heterocycles. The first-order valence-electron chi connectivity index (χ1n) is 11.3. The second kappa shape index (κ2) is 9.98. The highest BCUT2D eigenvalue weighted by molar-refractivity contribution is 5.98. The molecule has 0 bridgehead atoms. The molecular weight excluding hydrogens is 432 g/mol. The Hall–Kier alpha value is -3.83. The Morgan fingerprint density at radius 2 is 1.97 bits per heavy atom. The number of ether oxygens (including phenoxy) is 1. The second-order valence-corrected chi connectivity index (χ2v) is 8.53. The van der Waals surface area contributed by atoms with Gasteiger partial charge in [-0.25, -0.2) is 0 Å². The second-order valence-electron chi connectivity index (χ2n) is 8.53. The van der Waals surface area contributed by atoms with Crippen LogP contribution in [0.3, 0.4) is 0 Å². The van der Waals surface area contributed by atoms with Crippen molar-refractivity contribution in [2.45, 2.75) is 13.3 Å². The normalized spacial score (nSPS) is 13.5. The van der Waals surface area contributed by atoms with Crippen molar-refractivity contribution in [2.75, 3.05) is 57.2 Å². The highest BCUT2D eigenvalue weighted by Gasteiger charge is 2.19. The number of rotatable bonds is 6. The molecule has 0 radical (unpaired) electrons. The fourth-order valence-electron chi connectivity index (χ4n) is 4.10. The van der Waals surface area contributed by atoms with Crippen LogP contribution in [0.1, 0.15) is 27.0 Å². The summed E-state index contributed by atoms with van der Waals surface area (Å²) in [6.07, 6.45) is 0.525. The SMILES string of the molecule is Cc1c(C#N)cccc1NCCc1cc(C(=O)N(C)C)cc2c(=O)cc(N3CCOCC3)oc12. The number of nitrogens with one attached hydrogen (secondary N) is 1. The zero-order chi connectivity index (χ0) is 24.2. The Morgan fingerprint density at radius 1 is 1.21 bits per heavy atom. The number of morpholine rings is 1. The summed E-state index contributed by atoms with van der Waals surface area (Å²) in [5.74, 6) is 0.338. The molecule has 2 heterocycles. The van der Waals surface area contributed by atoms with Gasteiger partial charge in [-0.1, -0.05) is 6.07 Å². The van der Waals surface area contributed by atoms with E-state index < -0.39 is 0 Å². The number of nitriles is 1. The van der Waals surface area contributed by atoms with Gasteiger partial charge in [0.2, 0.25) is 0 Å². The summed E-state index contributed by atoms with van der Waals surface area (Å²) in [5.41, 5.74) is 3.91. The van der Waals surface area contributed by atoms with Crippen molar-refractivity contribution in [3.05, 3.63) is 68.9 Å². The quantitative estimate of drug-likeness (QED) is 0.603. The van der Waals surface area contributed by atoms with Gasteiger partial charge < -0.3 is 24.3 Å². The van der Waals surface area contributed by atoms with E-state index >= 15 is 0 Å². The van der Waals surface area contributed by atoms with Crippen LogP contribution in [-0.2, 0) is 11.2 Å². The van der Waals surface area contributed by atoms with E-state index in [4.69, 9.17) is 9.15 Å². The standard InChI is InChI=1S/C26H28N4O4/c1-17-19(16-27)5-4-6-22(17)28-8-7-18-13-20(26(32)29(2)3)14-21-23(31)15-24(34-25(18)21)30-9-11-33-12-10-30/h4-6,13-15,28H,7-12H2,1-3H3. The maximum absolute atomic E-state index is 13.1. The predicted octanol–water partition coefficient (Wildman–Crippen LogP) is 3.17. The van der Waals surface area contributed by atoms with Crippen molar-refractivity contribution >= 4 is 28.4 Å². The number of carbonyl (C=O) groups excluding carboxylic acids is 1. The van der Waals surface area contributed by atoms with Gasteiger partial charge in [0.05, 0.1) is 30.2 Å². The zero-order valence-corrected chi connectivity index (χ0v) is 19.7. The van der Waals surface area contributed by atoms with Crippen LogP contribution in [0.2, 0.25) is 0 Å². The molecule has 0 atom stereocenters. The van der Waals surface area contributed by atoms with Crippen molar-refractivity contribution in [2.24, 2.45) is 0 Å². The van der Waals surface area contributed by atoms with Gasteiger partial charge in [0.15, 0.2) is 11.3 Å². The number of hydrogen-bond acceptors (Lipinski definition) is 7. The van der Waals surface area contributed by atoms with E-state index in [2.05, 4.69) is 11.4 Å². The highest BCUT2D eigenvalue weighted by Crippen LogP contribution is 2.26. The summed E-state index contributed by atoms with van der Waals surface area (Å²) in [7, 11) is 3.37. The molecule has 176 valence electrons. The fraction of sp³-hybridized carbons (Fsp3) is 0.346. The maximum atomic E-state index is 13.1. The third-order valence-corrected chi connectivity index (χ3v) is 6.03. The predicted molar refractivity (Wildman–Crippen MR) is 132 cm³/mol. The monoisotopic (exact) mass is 460 g/mol. The molecule has 1 N–H and O–H groups in total. The largest absolute Gasteiger partial charge is 0.440 e. The van der Waals surface area contributed by atoms with Crippen LogP contribution in [0.4, 0.5) is 11.6 Å². The molecule has 0 aliphatic carbocycles. The summed E-state index contributed by atoms with van der Waals surface area (Å²) >= 11 is 0. The molecule has 1 aliphatic heterocycles. The summed E-state index contributed by atoms with van der Waals surface area (Å²) < 4.78 is 11.7. The minimum atomic E-state index is -0.178. The van der Waals surface area contributed by atoms with Crippen molar-refractivity contribution in [1.29, 1.82) is 5.26 Å². The molecule has 4 rings (SSSR count). The topological polar surface area (TPSA) is 98.8 Å². The number of hydrogen-bond donors (Lipinski definition) is 1.